The number of carbonyl (C=O) groups excluding carboxylic acids is 1. The maximum atomic E-state index is 11.7. The predicted octanol–water partition coefficient (Wildman–Crippen LogP) is 3.59. The van der Waals surface area contributed by atoms with E-state index >= 15 is 0 Å². The summed E-state index contributed by atoms with van der Waals surface area (Å²) in [6.45, 7) is 5.85. The molecule has 1 saturated heterocycles. The van der Waals surface area contributed by atoms with Crippen LogP contribution in [0.4, 0.5) is 0 Å². The molecule has 0 atom stereocenters. The van der Waals surface area contributed by atoms with Gasteiger partial charge in [-0.15, -0.1) is 0 Å². The second kappa shape index (κ2) is 5.31. The number of H-pyrrole nitrogens is 1. The highest BCUT2D eigenvalue weighted by molar-refractivity contribution is 5.81. The molecular weight excluding hydrogens is 248 g/mol. The first kappa shape index (κ1) is 13.2. The fourth-order valence-electron chi connectivity index (χ4n) is 3.16. The molecule has 3 nitrogen and oxygen atoms in total. The fourth-order valence-corrected chi connectivity index (χ4v) is 3.16. The largest absolute Gasteiger partial charge is 0.358 e. The second-order valence-electron chi connectivity index (χ2n) is 5.82. The summed E-state index contributed by atoms with van der Waals surface area (Å²) >= 11 is 0. The Labute approximate surface area is 120 Å². The van der Waals surface area contributed by atoms with Gasteiger partial charge < -0.3 is 9.88 Å². The summed E-state index contributed by atoms with van der Waals surface area (Å²) in [5.41, 5.74) is 3.85. The fraction of sp³-hybridized carbons (Fsp3) is 0.471. The third-order valence-electron chi connectivity index (χ3n) is 4.39. The maximum absolute atomic E-state index is 11.7. The molecule has 1 aromatic carbocycles. The van der Waals surface area contributed by atoms with Crippen LogP contribution in [-0.4, -0.2) is 28.9 Å². The van der Waals surface area contributed by atoms with Gasteiger partial charge in [0.15, 0.2) is 0 Å². The second-order valence-corrected chi connectivity index (χ2v) is 5.82. The third kappa shape index (κ3) is 2.45. The van der Waals surface area contributed by atoms with Gasteiger partial charge in [-0.25, -0.2) is 0 Å². The van der Waals surface area contributed by atoms with Crippen molar-refractivity contribution < 1.29 is 4.79 Å². The molecule has 1 amide bonds. The van der Waals surface area contributed by atoms with Crippen LogP contribution in [0.3, 0.4) is 0 Å². The van der Waals surface area contributed by atoms with Crippen molar-refractivity contribution in [1.29, 1.82) is 0 Å². The van der Waals surface area contributed by atoms with Gasteiger partial charge in [0.2, 0.25) is 5.91 Å². The number of hydrogen-bond acceptors (Lipinski definition) is 1. The third-order valence-corrected chi connectivity index (χ3v) is 4.39. The number of aryl methyl sites for hydroxylation is 1. The standard InChI is InChI=1S/C17H22N2O/c1-3-17(20)19-8-6-13(7-9-19)16-11-14-10-12(2)4-5-15(14)18-16/h4-5,10-11,13,18H,3,6-9H2,1-2H3. The van der Waals surface area contributed by atoms with Crippen LogP contribution < -0.4 is 0 Å². The zero-order valence-corrected chi connectivity index (χ0v) is 12.3. The molecule has 0 aliphatic carbocycles. The number of fused-ring (bicyclic) bond motifs is 1. The highest BCUT2D eigenvalue weighted by Crippen LogP contribution is 2.30. The van der Waals surface area contributed by atoms with Gasteiger partial charge in [0, 0.05) is 36.6 Å². The van der Waals surface area contributed by atoms with Gasteiger partial charge >= 0.3 is 0 Å². The first-order valence-corrected chi connectivity index (χ1v) is 7.54. The SMILES string of the molecule is CCC(=O)N1CCC(c2cc3cc(C)ccc3[nH]2)CC1. The van der Waals surface area contributed by atoms with E-state index in [0.717, 1.165) is 25.9 Å². The lowest BCUT2D eigenvalue weighted by molar-refractivity contribution is -0.131. The van der Waals surface area contributed by atoms with Crippen molar-refractivity contribution in [3.63, 3.8) is 0 Å². The Morgan fingerprint density at radius 1 is 1.30 bits per heavy atom. The molecule has 0 bridgehead atoms. The minimum atomic E-state index is 0.288. The molecule has 0 radical (unpaired) electrons. The summed E-state index contributed by atoms with van der Waals surface area (Å²) < 4.78 is 0. The number of likely N-dealkylation sites (tertiary alicyclic amines) is 1. The van der Waals surface area contributed by atoms with Crippen molar-refractivity contribution in [2.24, 2.45) is 0 Å². The van der Waals surface area contributed by atoms with Crippen LogP contribution >= 0.6 is 0 Å². The monoisotopic (exact) mass is 270 g/mol. The topological polar surface area (TPSA) is 36.1 Å². The number of carbonyl (C=O) groups is 1. The van der Waals surface area contributed by atoms with Gasteiger partial charge in [0.1, 0.15) is 0 Å². The molecule has 2 heterocycles. The number of nitrogens with zero attached hydrogens (tertiary/aromatic N) is 1. The van der Waals surface area contributed by atoms with E-state index < -0.39 is 0 Å². The molecule has 1 aliphatic heterocycles. The maximum Gasteiger partial charge on any atom is 0.222 e. The minimum Gasteiger partial charge on any atom is -0.358 e. The Hall–Kier alpha value is -1.77. The molecule has 3 heteroatoms. The average Bonchev–Trinajstić information content (AvgIpc) is 2.89. The number of aromatic nitrogens is 1. The minimum absolute atomic E-state index is 0.288. The van der Waals surface area contributed by atoms with E-state index in [1.165, 1.54) is 22.2 Å². The lowest BCUT2D eigenvalue weighted by atomic mass is 9.93. The molecule has 106 valence electrons. The molecule has 20 heavy (non-hydrogen) atoms. The first-order chi connectivity index (χ1) is 9.67. The summed E-state index contributed by atoms with van der Waals surface area (Å²) in [7, 11) is 0. The van der Waals surface area contributed by atoms with E-state index in [-0.39, 0.29) is 5.91 Å². The molecule has 1 aromatic heterocycles. The van der Waals surface area contributed by atoms with Crippen LogP contribution in [0.2, 0.25) is 0 Å². The lowest BCUT2D eigenvalue weighted by Crippen LogP contribution is -2.37. The molecule has 0 unspecified atom stereocenters. The van der Waals surface area contributed by atoms with Crippen LogP contribution in [0.15, 0.2) is 24.3 Å². The number of nitrogens with one attached hydrogen (secondary N) is 1. The zero-order valence-electron chi connectivity index (χ0n) is 12.3. The number of hydrogen-bond donors (Lipinski definition) is 1. The van der Waals surface area contributed by atoms with Crippen molar-refractivity contribution in [3.8, 4) is 0 Å². The highest BCUT2D eigenvalue weighted by Gasteiger charge is 2.23. The summed E-state index contributed by atoms with van der Waals surface area (Å²) in [5.74, 6) is 0.847. The molecule has 1 fully saturated rings. The number of amides is 1. The number of benzene rings is 1. The highest BCUT2D eigenvalue weighted by atomic mass is 16.2. The molecule has 0 spiro atoms. The van der Waals surface area contributed by atoms with E-state index in [4.69, 9.17) is 0 Å². The molecule has 0 saturated carbocycles. The Bertz CT molecular complexity index is 621. The van der Waals surface area contributed by atoms with Gasteiger partial charge in [-0.1, -0.05) is 18.6 Å². The average molecular weight is 270 g/mol. The molecule has 3 rings (SSSR count). The zero-order chi connectivity index (χ0) is 14.1. The van der Waals surface area contributed by atoms with E-state index in [9.17, 15) is 4.79 Å². The van der Waals surface area contributed by atoms with Crippen LogP contribution in [0, 0.1) is 6.92 Å². The van der Waals surface area contributed by atoms with E-state index in [1.807, 2.05) is 11.8 Å². The Morgan fingerprint density at radius 2 is 2.05 bits per heavy atom. The summed E-state index contributed by atoms with van der Waals surface area (Å²) in [6, 6.07) is 8.81. The van der Waals surface area contributed by atoms with Crippen molar-refractivity contribution in [3.05, 3.63) is 35.5 Å². The van der Waals surface area contributed by atoms with Crippen LogP contribution in [0.25, 0.3) is 10.9 Å². The first-order valence-electron chi connectivity index (χ1n) is 7.54. The van der Waals surface area contributed by atoms with Crippen LogP contribution in [0.5, 0.6) is 0 Å². The number of piperidine rings is 1. The van der Waals surface area contributed by atoms with Crippen LogP contribution in [0.1, 0.15) is 43.4 Å². The quantitative estimate of drug-likeness (QED) is 0.889. The predicted molar refractivity (Wildman–Crippen MR) is 81.9 cm³/mol. The van der Waals surface area contributed by atoms with Crippen molar-refractivity contribution in [1.82, 2.24) is 9.88 Å². The van der Waals surface area contributed by atoms with E-state index in [2.05, 4.69) is 36.2 Å². The molecule has 1 aliphatic rings. The summed E-state index contributed by atoms with van der Waals surface area (Å²) in [5, 5.41) is 1.30. The molecule has 2 aromatic rings. The van der Waals surface area contributed by atoms with Gasteiger partial charge in [-0.05, 0) is 43.4 Å². The molecule has 1 N–H and O–H groups in total. The van der Waals surface area contributed by atoms with Crippen molar-refractivity contribution in [2.45, 2.75) is 39.0 Å². The Kier molecular flexibility index (Phi) is 3.51. The van der Waals surface area contributed by atoms with Gasteiger partial charge in [-0.2, -0.15) is 0 Å². The smallest absolute Gasteiger partial charge is 0.222 e. The Morgan fingerprint density at radius 3 is 2.75 bits per heavy atom. The van der Waals surface area contributed by atoms with Crippen molar-refractivity contribution in [2.75, 3.05) is 13.1 Å². The number of aromatic amines is 1. The lowest BCUT2D eigenvalue weighted by Gasteiger charge is -2.31. The van der Waals surface area contributed by atoms with Gasteiger partial charge in [-0.3, -0.25) is 4.79 Å². The normalized spacial score (nSPS) is 16.8. The Balaban J connectivity index is 1.75. The summed E-state index contributed by atoms with van der Waals surface area (Å²) in [4.78, 5) is 17.3. The van der Waals surface area contributed by atoms with Gasteiger partial charge in [0.25, 0.3) is 0 Å². The summed E-state index contributed by atoms with van der Waals surface area (Å²) in [6.07, 6.45) is 2.76. The van der Waals surface area contributed by atoms with Crippen molar-refractivity contribution >= 4 is 16.8 Å². The van der Waals surface area contributed by atoms with E-state index in [1.54, 1.807) is 0 Å². The number of rotatable bonds is 2. The molecular formula is C17H22N2O. The van der Waals surface area contributed by atoms with Gasteiger partial charge in [0.05, 0.1) is 0 Å². The van der Waals surface area contributed by atoms with Crippen LogP contribution in [-0.2, 0) is 4.79 Å². The van der Waals surface area contributed by atoms with E-state index in [0.29, 0.717) is 12.3 Å².